The van der Waals surface area contributed by atoms with Gasteiger partial charge < -0.3 is 14.5 Å². The second-order valence-corrected chi connectivity index (χ2v) is 10.1. The van der Waals surface area contributed by atoms with E-state index >= 15 is 0 Å². The van der Waals surface area contributed by atoms with Crippen molar-refractivity contribution in [3.63, 3.8) is 0 Å². The number of imide groups is 1. The number of thioether (sulfide) groups is 1. The zero-order valence-electron chi connectivity index (χ0n) is 21.0. The number of aromatic nitrogens is 1. The molecule has 2 aromatic rings. The molecule has 38 heavy (non-hydrogen) atoms. The molecule has 1 aliphatic carbocycles. The van der Waals surface area contributed by atoms with Gasteiger partial charge in [-0.05, 0) is 79.7 Å². The molecular formula is C25H28F3N5O4S. The summed E-state index contributed by atoms with van der Waals surface area (Å²) in [5, 5.41) is 2.58. The number of nitrogens with one attached hydrogen (secondary N) is 1. The van der Waals surface area contributed by atoms with Gasteiger partial charge in [0.25, 0.3) is 5.91 Å². The Morgan fingerprint density at radius 3 is 2.45 bits per heavy atom. The second-order valence-electron chi connectivity index (χ2n) is 8.92. The topological polar surface area (TPSA) is 95.1 Å². The highest BCUT2D eigenvalue weighted by Gasteiger charge is 2.65. The minimum absolute atomic E-state index is 0.0401. The molecule has 9 nitrogen and oxygen atoms in total. The van der Waals surface area contributed by atoms with Crippen LogP contribution in [0.15, 0.2) is 47.5 Å². The summed E-state index contributed by atoms with van der Waals surface area (Å²) in [6, 6.07) is 7.87. The van der Waals surface area contributed by atoms with Crippen LogP contribution in [0.3, 0.4) is 0 Å². The Balaban J connectivity index is 1.41. The van der Waals surface area contributed by atoms with Crippen LogP contribution >= 0.6 is 11.8 Å². The van der Waals surface area contributed by atoms with Crippen molar-refractivity contribution >= 4 is 41.3 Å². The van der Waals surface area contributed by atoms with Gasteiger partial charge in [-0.3, -0.25) is 10.1 Å². The molecule has 1 N–H and O–H groups in total. The molecule has 204 valence electrons. The lowest BCUT2D eigenvalue weighted by Crippen LogP contribution is -2.36. The molecular weight excluding hydrogens is 523 g/mol. The normalized spacial score (nSPS) is 16.5. The van der Waals surface area contributed by atoms with Gasteiger partial charge >= 0.3 is 17.6 Å². The average Bonchev–Trinajstić information content (AvgIpc) is 3.64. The number of anilines is 2. The average molecular weight is 552 g/mol. The van der Waals surface area contributed by atoms with Crippen LogP contribution in [-0.2, 0) is 16.1 Å². The maximum absolute atomic E-state index is 13.3. The van der Waals surface area contributed by atoms with Gasteiger partial charge in [-0.25, -0.2) is 19.5 Å². The third kappa shape index (κ3) is 6.21. The van der Waals surface area contributed by atoms with Crippen molar-refractivity contribution in [2.24, 2.45) is 0 Å². The molecule has 1 aromatic carbocycles. The molecule has 0 bridgehead atoms. The highest BCUT2D eigenvalue weighted by molar-refractivity contribution is 8.00. The number of amides is 4. The summed E-state index contributed by atoms with van der Waals surface area (Å²) < 4.78 is 43.2. The first-order valence-corrected chi connectivity index (χ1v) is 13.0. The summed E-state index contributed by atoms with van der Waals surface area (Å²) >= 11 is -0.265. The molecule has 0 unspecified atom stereocenters. The van der Waals surface area contributed by atoms with Gasteiger partial charge in [0, 0.05) is 24.2 Å². The van der Waals surface area contributed by atoms with Crippen molar-refractivity contribution < 1.29 is 32.3 Å². The van der Waals surface area contributed by atoms with E-state index in [9.17, 15) is 27.6 Å². The van der Waals surface area contributed by atoms with E-state index in [0.29, 0.717) is 24.9 Å². The van der Waals surface area contributed by atoms with Crippen LogP contribution in [-0.4, -0.2) is 70.1 Å². The Bertz CT molecular complexity index is 1190. The number of pyridine rings is 1. The predicted octanol–water partition coefficient (Wildman–Crippen LogP) is 5.09. The largest absolute Gasteiger partial charge is 0.448 e. The van der Waals surface area contributed by atoms with Crippen LogP contribution in [0.1, 0.15) is 32.3 Å². The lowest BCUT2D eigenvalue weighted by molar-refractivity contribution is -0.120. The number of halogens is 3. The van der Waals surface area contributed by atoms with Crippen molar-refractivity contribution in [2.45, 2.75) is 49.2 Å². The standard InChI is InChI=1S/C25H28F3N5O4S/c1-3-31(4-2)13-14-37-22(35)30-20-15-17(9-12-29-20)16-32-23(36)33(21(34)24(32)10-11-24)18-5-7-19(8-6-18)38-25(26,27)28/h5-9,12,15H,3-4,10-11,13-14,16H2,1-2H3,(H,29,30,35). The van der Waals surface area contributed by atoms with Gasteiger partial charge in [-0.1, -0.05) is 13.8 Å². The van der Waals surface area contributed by atoms with Gasteiger partial charge in [-0.15, -0.1) is 0 Å². The molecule has 1 saturated heterocycles. The van der Waals surface area contributed by atoms with E-state index in [4.69, 9.17) is 4.74 Å². The molecule has 1 saturated carbocycles. The highest BCUT2D eigenvalue weighted by atomic mass is 32.2. The summed E-state index contributed by atoms with van der Waals surface area (Å²) in [7, 11) is 0. The Morgan fingerprint density at radius 2 is 1.84 bits per heavy atom. The fraction of sp³-hybridized carbons (Fsp3) is 0.440. The molecule has 1 aliphatic heterocycles. The number of likely N-dealkylation sites (N-methyl/N-ethyl adjacent to an activating group) is 1. The lowest BCUT2D eigenvalue weighted by atomic mass is 10.2. The zero-order valence-corrected chi connectivity index (χ0v) is 21.8. The molecule has 0 radical (unpaired) electrons. The fourth-order valence-electron chi connectivity index (χ4n) is 4.33. The van der Waals surface area contributed by atoms with E-state index in [0.717, 1.165) is 18.0 Å². The van der Waals surface area contributed by atoms with Crippen molar-refractivity contribution in [1.82, 2.24) is 14.8 Å². The molecule has 4 rings (SSSR count). The maximum Gasteiger partial charge on any atom is 0.446 e. The monoisotopic (exact) mass is 551 g/mol. The summed E-state index contributed by atoms with van der Waals surface area (Å²) in [6.07, 6.45) is 1.82. The molecule has 2 fully saturated rings. The Labute approximate surface area is 222 Å². The molecule has 2 aliphatic rings. The smallest absolute Gasteiger partial charge is 0.446 e. The van der Waals surface area contributed by atoms with Gasteiger partial charge in [-0.2, -0.15) is 13.2 Å². The molecule has 2 heterocycles. The van der Waals surface area contributed by atoms with E-state index in [1.165, 1.54) is 35.4 Å². The van der Waals surface area contributed by atoms with Crippen LogP contribution in [0.5, 0.6) is 0 Å². The first-order valence-electron chi connectivity index (χ1n) is 12.2. The highest BCUT2D eigenvalue weighted by Crippen LogP contribution is 2.50. The number of hydrogen-bond acceptors (Lipinski definition) is 7. The number of urea groups is 1. The van der Waals surface area contributed by atoms with Crippen molar-refractivity contribution in [3.05, 3.63) is 48.2 Å². The van der Waals surface area contributed by atoms with Crippen LogP contribution in [0.2, 0.25) is 0 Å². The van der Waals surface area contributed by atoms with Crippen LogP contribution in [0, 0.1) is 0 Å². The Kier molecular flexibility index (Phi) is 8.16. The first-order chi connectivity index (χ1) is 18.1. The van der Waals surface area contributed by atoms with Crippen molar-refractivity contribution in [2.75, 3.05) is 36.5 Å². The number of carbonyl (C=O) groups excluding carboxylic acids is 3. The summed E-state index contributed by atoms with van der Waals surface area (Å²) in [6.45, 7) is 6.69. The van der Waals surface area contributed by atoms with Crippen molar-refractivity contribution in [1.29, 1.82) is 0 Å². The number of carbonyl (C=O) groups is 3. The molecule has 0 atom stereocenters. The van der Waals surface area contributed by atoms with Crippen LogP contribution in [0.25, 0.3) is 0 Å². The van der Waals surface area contributed by atoms with E-state index in [-0.39, 0.29) is 41.3 Å². The van der Waals surface area contributed by atoms with Crippen LogP contribution in [0.4, 0.5) is 34.3 Å². The van der Waals surface area contributed by atoms with Gasteiger partial charge in [0.15, 0.2) is 0 Å². The first kappa shape index (κ1) is 27.7. The third-order valence-electron chi connectivity index (χ3n) is 6.52. The molecule has 4 amide bonds. The van der Waals surface area contributed by atoms with E-state index in [2.05, 4.69) is 15.2 Å². The van der Waals surface area contributed by atoms with E-state index in [1.54, 1.807) is 12.1 Å². The van der Waals surface area contributed by atoms with E-state index < -0.39 is 29.1 Å². The predicted molar refractivity (Wildman–Crippen MR) is 136 cm³/mol. The van der Waals surface area contributed by atoms with Crippen LogP contribution < -0.4 is 10.2 Å². The minimum Gasteiger partial charge on any atom is -0.448 e. The van der Waals surface area contributed by atoms with Gasteiger partial charge in [0.1, 0.15) is 18.0 Å². The lowest BCUT2D eigenvalue weighted by Gasteiger charge is -2.21. The number of rotatable bonds is 10. The number of alkyl halides is 3. The number of benzene rings is 1. The molecule has 1 aromatic heterocycles. The maximum atomic E-state index is 13.3. The summed E-state index contributed by atoms with van der Waals surface area (Å²) in [5.74, 6) is -0.157. The second kappa shape index (κ2) is 11.2. The number of nitrogens with zero attached hydrogens (tertiary/aromatic N) is 4. The number of ether oxygens (including phenoxy) is 1. The Hall–Kier alpha value is -3.32. The number of hydrogen-bond donors (Lipinski definition) is 1. The SMILES string of the molecule is CCN(CC)CCOC(=O)Nc1cc(CN2C(=O)N(c3ccc(SC(F)(F)F)cc3)C(=O)C23CC3)ccn1. The van der Waals surface area contributed by atoms with E-state index in [1.807, 2.05) is 13.8 Å². The fourth-order valence-corrected chi connectivity index (χ4v) is 4.87. The van der Waals surface area contributed by atoms with Gasteiger partial charge in [0.2, 0.25) is 0 Å². The Morgan fingerprint density at radius 1 is 1.16 bits per heavy atom. The third-order valence-corrected chi connectivity index (χ3v) is 7.26. The summed E-state index contributed by atoms with van der Waals surface area (Å²) in [5.41, 5.74) is -4.55. The molecule has 13 heteroatoms. The zero-order chi connectivity index (χ0) is 27.5. The van der Waals surface area contributed by atoms with Gasteiger partial charge in [0.05, 0.1) is 5.69 Å². The quantitative estimate of drug-likeness (QED) is 0.325. The minimum atomic E-state index is -4.43. The summed E-state index contributed by atoms with van der Waals surface area (Å²) in [4.78, 5) is 47.4. The van der Waals surface area contributed by atoms with Crippen molar-refractivity contribution in [3.8, 4) is 0 Å². The molecule has 1 spiro atoms.